The molecule has 1 aliphatic rings. The van der Waals surface area contributed by atoms with Crippen molar-refractivity contribution in [2.24, 2.45) is 4.99 Å². The van der Waals surface area contributed by atoms with Gasteiger partial charge in [-0.2, -0.15) is 0 Å². The molecule has 2 nitrogen and oxygen atoms in total. The van der Waals surface area contributed by atoms with E-state index in [2.05, 4.69) is 9.98 Å². The topological polar surface area (TPSA) is 25.2 Å². The molecule has 0 amide bonds. The molecule has 2 rings (SSSR count). The van der Waals surface area contributed by atoms with Gasteiger partial charge in [0.1, 0.15) is 5.36 Å². The van der Waals surface area contributed by atoms with E-state index < -0.39 is 0 Å². The first-order valence-electron chi connectivity index (χ1n) is 3.03. The Bertz CT molecular complexity index is 370. The van der Waals surface area contributed by atoms with Crippen molar-refractivity contribution in [1.82, 2.24) is 4.98 Å². The molecule has 0 saturated heterocycles. The van der Waals surface area contributed by atoms with Crippen molar-refractivity contribution in [3.63, 3.8) is 0 Å². The molecular formula is C7H5FN2. The van der Waals surface area contributed by atoms with E-state index in [0.29, 0.717) is 17.3 Å². The second-order valence-corrected chi connectivity index (χ2v) is 2.07. The number of pyridine rings is 1. The second kappa shape index (κ2) is 1.87. The minimum atomic E-state index is -0.279. The summed E-state index contributed by atoms with van der Waals surface area (Å²) in [5.41, 5.74) is 0. The SMILES string of the molecule is Fc1ccnc2c1=NCC=2. The van der Waals surface area contributed by atoms with Crippen molar-refractivity contribution in [2.45, 2.75) is 0 Å². The van der Waals surface area contributed by atoms with E-state index in [0.717, 1.165) is 0 Å². The average Bonchev–Trinajstić information content (AvgIpc) is 2.36. The monoisotopic (exact) mass is 136 g/mol. The summed E-state index contributed by atoms with van der Waals surface area (Å²) in [5.74, 6) is -0.279. The van der Waals surface area contributed by atoms with Crippen molar-refractivity contribution < 1.29 is 4.39 Å². The Morgan fingerprint density at radius 2 is 2.40 bits per heavy atom. The lowest BCUT2D eigenvalue weighted by Gasteiger charge is -1.83. The standard InChI is InChI=1S/C7H5FN2/c8-5-1-3-9-6-2-4-10-7(5)6/h1-3H,4H2. The van der Waals surface area contributed by atoms with Gasteiger partial charge in [0.25, 0.3) is 0 Å². The van der Waals surface area contributed by atoms with Gasteiger partial charge in [-0.05, 0) is 12.1 Å². The van der Waals surface area contributed by atoms with Gasteiger partial charge in [0.2, 0.25) is 0 Å². The molecule has 1 aliphatic heterocycles. The van der Waals surface area contributed by atoms with Gasteiger partial charge in [-0.1, -0.05) is 0 Å². The fourth-order valence-corrected chi connectivity index (χ4v) is 0.975. The number of halogens is 1. The van der Waals surface area contributed by atoms with E-state index in [1.807, 2.05) is 0 Å². The van der Waals surface area contributed by atoms with Gasteiger partial charge in [-0.25, -0.2) is 4.39 Å². The maximum absolute atomic E-state index is 12.7. The summed E-state index contributed by atoms with van der Waals surface area (Å²) in [4.78, 5) is 7.84. The van der Waals surface area contributed by atoms with Crippen LogP contribution in [-0.4, -0.2) is 11.5 Å². The van der Waals surface area contributed by atoms with Crippen LogP contribution in [0.5, 0.6) is 0 Å². The summed E-state index contributed by atoms with van der Waals surface area (Å²) >= 11 is 0. The smallest absolute Gasteiger partial charge is 0.152 e. The van der Waals surface area contributed by atoms with Crippen molar-refractivity contribution in [2.75, 3.05) is 6.54 Å². The van der Waals surface area contributed by atoms with Crippen LogP contribution in [0.1, 0.15) is 0 Å². The van der Waals surface area contributed by atoms with E-state index >= 15 is 0 Å². The Morgan fingerprint density at radius 3 is 3.20 bits per heavy atom. The first kappa shape index (κ1) is 5.53. The lowest BCUT2D eigenvalue weighted by Crippen LogP contribution is -2.27. The van der Waals surface area contributed by atoms with Crippen LogP contribution in [0.25, 0.3) is 6.08 Å². The Hall–Kier alpha value is -1.25. The lowest BCUT2D eigenvalue weighted by molar-refractivity contribution is 0.607. The zero-order valence-electron chi connectivity index (χ0n) is 5.21. The molecule has 0 unspecified atom stereocenters. The van der Waals surface area contributed by atoms with E-state index in [1.165, 1.54) is 12.3 Å². The second-order valence-electron chi connectivity index (χ2n) is 2.07. The van der Waals surface area contributed by atoms with Gasteiger partial charge in [-0.15, -0.1) is 0 Å². The summed E-state index contributed by atoms with van der Waals surface area (Å²) < 4.78 is 12.7. The van der Waals surface area contributed by atoms with Gasteiger partial charge in [0.15, 0.2) is 5.82 Å². The summed E-state index contributed by atoms with van der Waals surface area (Å²) in [6.07, 6.45) is 3.25. The Balaban J connectivity index is 2.97. The van der Waals surface area contributed by atoms with Crippen LogP contribution in [0.4, 0.5) is 4.39 Å². The Morgan fingerprint density at radius 1 is 1.50 bits per heavy atom. The van der Waals surface area contributed by atoms with Crippen LogP contribution in [-0.2, 0) is 0 Å². The molecule has 0 bridgehead atoms. The number of hydrogen-bond donors (Lipinski definition) is 0. The molecule has 3 heteroatoms. The minimum absolute atomic E-state index is 0.279. The van der Waals surface area contributed by atoms with Gasteiger partial charge in [0.05, 0.1) is 11.9 Å². The fraction of sp³-hybridized carbons (Fsp3) is 0.143. The van der Waals surface area contributed by atoms with Crippen LogP contribution in [0.3, 0.4) is 0 Å². The maximum atomic E-state index is 12.7. The van der Waals surface area contributed by atoms with Crippen LogP contribution in [0, 0.1) is 5.82 Å². The molecular weight excluding hydrogens is 131 g/mol. The minimum Gasteiger partial charge on any atom is -0.276 e. The molecule has 1 aromatic rings. The van der Waals surface area contributed by atoms with Gasteiger partial charge in [0, 0.05) is 6.20 Å². The summed E-state index contributed by atoms with van der Waals surface area (Å²) in [5, 5.41) is 1.07. The molecule has 0 N–H and O–H groups in total. The van der Waals surface area contributed by atoms with E-state index in [-0.39, 0.29) is 5.82 Å². The highest BCUT2D eigenvalue weighted by atomic mass is 19.1. The molecule has 2 heterocycles. The van der Waals surface area contributed by atoms with Crippen LogP contribution >= 0.6 is 0 Å². The van der Waals surface area contributed by atoms with Crippen molar-refractivity contribution in [3.8, 4) is 0 Å². The number of nitrogens with zero attached hydrogens (tertiary/aromatic N) is 2. The zero-order valence-corrected chi connectivity index (χ0v) is 5.21. The molecule has 0 aromatic carbocycles. The molecule has 50 valence electrons. The van der Waals surface area contributed by atoms with Crippen LogP contribution in [0.15, 0.2) is 17.3 Å². The zero-order chi connectivity index (χ0) is 6.97. The lowest BCUT2D eigenvalue weighted by atomic mass is 10.4. The Kier molecular flexibility index (Phi) is 1.03. The normalized spacial score (nSPS) is 13.7. The van der Waals surface area contributed by atoms with Crippen molar-refractivity contribution in [1.29, 1.82) is 0 Å². The van der Waals surface area contributed by atoms with Crippen molar-refractivity contribution >= 4 is 6.08 Å². The first-order valence-corrected chi connectivity index (χ1v) is 3.03. The molecule has 0 saturated carbocycles. The largest absolute Gasteiger partial charge is 0.276 e. The first-order chi connectivity index (χ1) is 4.88. The molecule has 0 radical (unpaired) electrons. The quantitative estimate of drug-likeness (QED) is 0.478. The third-order valence-corrected chi connectivity index (χ3v) is 1.44. The molecule has 0 fully saturated rings. The third kappa shape index (κ3) is 0.635. The number of aromatic nitrogens is 1. The average molecular weight is 136 g/mol. The predicted octanol–water partition coefficient (Wildman–Crippen LogP) is -0.366. The fourth-order valence-electron chi connectivity index (χ4n) is 0.975. The Labute approximate surface area is 56.7 Å². The molecule has 10 heavy (non-hydrogen) atoms. The highest BCUT2D eigenvalue weighted by Gasteiger charge is 1.99. The predicted molar refractivity (Wildman–Crippen MR) is 34.3 cm³/mol. The van der Waals surface area contributed by atoms with Gasteiger partial charge in [-0.3, -0.25) is 9.98 Å². The van der Waals surface area contributed by atoms with E-state index in [9.17, 15) is 4.39 Å². The number of fused-ring (bicyclic) bond motifs is 1. The number of rotatable bonds is 0. The third-order valence-electron chi connectivity index (χ3n) is 1.44. The summed E-state index contributed by atoms with van der Waals surface area (Å²) in [6.45, 7) is 0.559. The summed E-state index contributed by atoms with van der Waals surface area (Å²) in [7, 11) is 0. The maximum Gasteiger partial charge on any atom is 0.152 e. The molecule has 0 aliphatic carbocycles. The molecule has 1 aromatic heterocycles. The van der Waals surface area contributed by atoms with Gasteiger partial charge < -0.3 is 0 Å². The molecule has 0 spiro atoms. The molecule has 0 atom stereocenters. The highest BCUT2D eigenvalue weighted by Crippen LogP contribution is 1.84. The van der Waals surface area contributed by atoms with Gasteiger partial charge >= 0.3 is 0 Å². The highest BCUT2D eigenvalue weighted by molar-refractivity contribution is 5.25. The van der Waals surface area contributed by atoms with Crippen LogP contribution in [0.2, 0.25) is 0 Å². The van der Waals surface area contributed by atoms with Crippen LogP contribution < -0.4 is 10.7 Å². The number of hydrogen-bond acceptors (Lipinski definition) is 2. The van der Waals surface area contributed by atoms with E-state index in [4.69, 9.17) is 0 Å². The summed E-state index contributed by atoms with van der Waals surface area (Å²) in [6, 6.07) is 1.32. The van der Waals surface area contributed by atoms with E-state index in [1.54, 1.807) is 6.08 Å². The van der Waals surface area contributed by atoms with Crippen molar-refractivity contribution in [3.05, 3.63) is 28.8 Å².